The Kier molecular flexibility index (Phi) is 7.78. The third-order valence-electron chi connectivity index (χ3n) is 3.54. The maximum atomic E-state index is 4.66. The lowest BCUT2D eigenvalue weighted by Gasteiger charge is -2.16. The number of rotatable bonds is 7. The van der Waals surface area contributed by atoms with E-state index in [0.717, 1.165) is 31.9 Å². The van der Waals surface area contributed by atoms with E-state index in [0.29, 0.717) is 12.0 Å². The molecule has 0 fully saturated rings. The van der Waals surface area contributed by atoms with Gasteiger partial charge in [0, 0.05) is 19.1 Å². The van der Waals surface area contributed by atoms with E-state index >= 15 is 0 Å². The molecular weight excluding hydrogens is 246 g/mol. The van der Waals surface area contributed by atoms with Gasteiger partial charge < -0.3 is 10.6 Å². The molecular formula is C17H29N3. The van der Waals surface area contributed by atoms with Crippen LogP contribution in [0.2, 0.25) is 0 Å². The van der Waals surface area contributed by atoms with E-state index < -0.39 is 0 Å². The Morgan fingerprint density at radius 1 is 1.15 bits per heavy atom. The zero-order chi connectivity index (χ0) is 14.8. The first kappa shape index (κ1) is 16.5. The molecule has 0 aliphatic heterocycles. The van der Waals surface area contributed by atoms with Crippen molar-refractivity contribution in [2.24, 2.45) is 4.99 Å². The second kappa shape index (κ2) is 9.40. The lowest BCUT2D eigenvalue weighted by Crippen LogP contribution is -2.42. The summed E-state index contributed by atoms with van der Waals surface area (Å²) < 4.78 is 0. The van der Waals surface area contributed by atoms with E-state index in [1.165, 1.54) is 5.56 Å². The van der Waals surface area contributed by atoms with Crippen LogP contribution in [-0.2, 0) is 0 Å². The Morgan fingerprint density at radius 2 is 1.85 bits per heavy atom. The topological polar surface area (TPSA) is 36.4 Å². The number of hydrogen-bond acceptors (Lipinski definition) is 1. The summed E-state index contributed by atoms with van der Waals surface area (Å²) >= 11 is 0. The molecule has 1 aromatic rings. The molecule has 0 aromatic heterocycles. The van der Waals surface area contributed by atoms with Crippen LogP contribution in [0, 0.1) is 0 Å². The molecule has 2 N–H and O–H groups in total. The maximum Gasteiger partial charge on any atom is 0.191 e. The van der Waals surface area contributed by atoms with Crippen molar-refractivity contribution < 1.29 is 0 Å². The number of benzene rings is 1. The standard InChI is InChI=1S/C17H29N3/c1-5-15(4)20-17(18-6-2)19-13-12-14(3)16-10-8-7-9-11-16/h7-11,14-15H,5-6,12-13H2,1-4H3,(H2,18,19,20). The van der Waals surface area contributed by atoms with Gasteiger partial charge in [0.1, 0.15) is 0 Å². The van der Waals surface area contributed by atoms with E-state index in [2.05, 4.69) is 73.7 Å². The monoisotopic (exact) mass is 275 g/mol. The fourth-order valence-electron chi connectivity index (χ4n) is 1.97. The summed E-state index contributed by atoms with van der Waals surface area (Å²) in [4.78, 5) is 4.66. The van der Waals surface area contributed by atoms with Crippen LogP contribution < -0.4 is 10.6 Å². The molecule has 0 spiro atoms. The van der Waals surface area contributed by atoms with Gasteiger partial charge in [0.25, 0.3) is 0 Å². The summed E-state index contributed by atoms with van der Waals surface area (Å²) in [5.74, 6) is 1.48. The van der Waals surface area contributed by atoms with Gasteiger partial charge in [-0.05, 0) is 38.2 Å². The largest absolute Gasteiger partial charge is 0.357 e. The van der Waals surface area contributed by atoms with E-state index in [9.17, 15) is 0 Å². The highest BCUT2D eigenvalue weighted by molar-refractivity contribution is 5.80. The summed E-state index contributed by atoms with van der Waals surface area (Å²) in [6, 6.07) is 11.1. The molecule has 2 atom stereocenters. The summed E-state index contributed by atoms with van der Waals surface area (Å²) in [6.07, 6.45) is 2.17. The highest BCUT2D eigenvalue weighted by Crippen LogP contribution is 2.17. The van der Waals surface area contributed by atoms with Gasteiger partial charge in [0.05, 0.1) is 0 Å². The highest BCUT2D eigenvalue weighted by atomic mass is 15.2. The summed E-state index contributed by atoms with van der Waals surface area (Å²) in [6.45, 7) is 10.5. The van der Waals surface area contributed by atoms with Crippen LogP contribution in [0.1, 0.15) is 52.0 Å². The first-order valence-corrected chi connectivity index (χ1v) is 7.77. The van der Waals surface area contributed by atoms with E-state index in [-0.39, 0.29) is 0 Å². The molecule has 0 aliphatic rings. The molecule has 0 aliphatic carbocycles. The third kappa shape index (κ3) is 6.09. The Morgan fingerprint density at radius 3 is 2.45 bits per heavy atom. The van der Waals surface area contributed by atoms with E-state index in [4.69, 9.17) is 0 Å². The molecule has 0 bridgehead atoms. The van der Waals surface area contributed by atoms with Crippen molar-refractivity contribution in [3.8, 4) is 0 Å². The normalized spacial score (nSPS) is 14.7. The minimum atomic E-state index is 0.458. The number of nitrogens with one attached hydrogen (secondary N) is 2. The van der Waals surface area contributed by atoms with Crippen LogP contribution in [0.3, 0.4) is 0 Å². The highest BCUT2D eigenvalue weighted by Gasteiger charge is 2.05. The first-order chi connectivity index (χ1) is 9.67. The second-order valence-electron chi connectivity index (χ2n) is 5.31. The SMILES string of the molecule is CCNC(=NCCC(C)c1ccccc1)NC(C)CC. The van der Waals surface area contributed by atoms with Gasteiger partial charge >= 0.3 is 0 Å². The first-order valence-electron chi connectivity index (χ1n) is 7.77. The number of aliphatic imine (C=N–C) groups is 1. The minimum absolute atomic E-state index is 0.458. The van der Waals surface area contributed by atoms with Crippen LogP contribution in [-0.4, -0.2) is 25.1 Å². The molecule has 0 saturated carbocycles. The van der Waals surface area contributed by atoms with Crippen molar-refractivity contribution in [2.45, 2.75) is 52.5 Å². The fraction of sp³-hybridized carbons (Fsp3) is 0.588. The predicted octanol–water partition coefficient (Wildman–Crippen LogP) is 3.53. The van der Waals surface area contributed by atoms with Crippen LogP contribution >= 0.6 is 0 Å². The number of nitrogens with zero attached hydrogens (tertiary/aromatic N) is 1. The average Bonchev–Trinajstić information content (AvgIpc) is 2.48. The van der Waals surface area contributed by atoms with Crippen LogP contribution in [0.15, 0.2) is 35.3 Å². The molecule has 0 amide bonds. The third-order valence-corrected chi connectivity index (χ3v) is 3.54. The average molecular weight is 275 g/mol. The Hall–Kier alpha value is -1.51. The second-order valence-corrected chi connectivity index (χ2v) is 5.31. The molecule has 3 heteroatoms. The van der Waals surface area contributed by atoms with Gasteiger partial charge in [-0.3, -0.25) is 4.99 Å². The van der Waals surface area contributed by atoms with Crippen molar-refractivity contribution in [3.05, 3.63) is 35.9 Å². The summed E-state index contributed by atoms with van der Waals surface area (Å²) in [5.41, 5.74) is 1.39. The molecule has 112 valence electrons. The molecule has 1 aromatic carbocycles. The Balaban J connectivity index is 2.47. The van der Waals surface area contributed by atoms with Crippen molar-refractivity contribution in [1.82, 2.24) is 10.6 Å². The summed E-state index contributed by atoms with van der Waals surface area (Å²) in [7, 11) is 0. The van der Waals surface area contributed by atoms with Crippen molar-refractivity contribution >= 4 is 5.96 Å². The zero-order valence-electron chi connectivity index (χ0n) is 13.3. The van der Waals surface area contributed by atoms with Crippen LogP contribution in [0.25, 0.3) is 0 Å². The van der Waals surface area contributed by atoms with E-state index in [1.807, 2.05) is 0 Å². The molecule has 3 nitrogen and oxygen atoms in total. The van der Waals surface area contributed by atoms with Gasteiger partial charge in [0.2, 0.25) is 0 Å². The Labute approximate surface area is 123 Å². The number of guanidine groups is 1. The zero-order valence-corrected chi connectivity index (χ0v) is 13.3. The quantitative estimate of drug-likeness (QED) is 0.590. The molecule has 20 heavy (non-hydrogen) atoms. The number of hydrogen-bond donors (Lipinski definition) is 2. The van der Waals surface area contributed by atoms with Crippen LogP contribution in [0.4, 0.5) is 0 Å². The maximum absolute atomic E-state index is 4.66. The fourth-order valence-corrected chi connectivity index (χ4v) is 1.97. The molecule has 1 rings (SSSR count). The van der Waals surface area contributed by atoms with E-state index in [1.54, 1.807) is 0 Å². The minimum Gasteiger partial charge on any atom is -0.357 e. The van der Waals surface area contributed by atoms with Gasteiger partial charge in [-0.1, -0.05) is 44.2 Å². The van der Waals surface area contributed by atoms with Gasteiger partial charge in [-0.2, -0.15) is 0 Å². The van der Waals surface area contributed by atoms with Gasteiger partial charge in [-0.25, -0.2) is 0 Å². The lowest BCUT2D eigenvalue weighted by molar-refractivity contribution is 0.619. The Bertz CT molecular complexity index is 386. The lowest BCUT2D eigenvalue weighted by atomic mass is 9.98. The summed E-state index contributed by atoms with van der Waals surface area (Å²) in [5, 5.41) is 6.72. The van der Waals surface area contributed by atoms with Crippen molar-refractivity contribution in [1.29, 1.82) is 0 Å². The molecule has 0 radical (unpaired) electrons. The van der Waals surface area contributed by atoms with Crippen molar-refractivity contribution in [3.63, 3.8) is 0 Å². The van der Waals surface area contributed by atoms with Gasteiger partial charge in [0.15, 0.2) is 5.96 Å². The van der Waals surface area contributed by atoms with Crippen molar-refractivity contribution in [2.75, 3.05) is 13.1 Å². The molecule has 0 saturated heterocycles. The molecule has 2 unspecified atom stereocenters. The smallest absolute Gasteiger partial charge is 0.191 e. The van der Waals surface area contributed by atoms with Gasteiger partial charge in [-0.15, -0.1) is 0 Å². The van der Waals surface area contributed by atoms with Crippen LogP contribution in [0.5, 0.6) is 0 Å². The predicted molar refractivity (Wildman–Crippen MR) is 88.3 cm³/mol. The molecule has 0 heterocycles.